The molecule has 1 unspecified atom stereocenters. The summed E-state index contributed by atoms with van der Waals surface area (Å²) >= 11 is 0. The van der Waals surface area contributed by atoms with Crippen molar-refractivity contribution in [1.29, 1.82) is 0 Å². The van der Waals surface area contributed by atoms with E-state index < -0.39 is 0 Å². The lowest BCUT2D eigenvalue weighted by Gasteiger charge is -2.16. The van der Waals surface area contributed by atoms with Crippen molar-refractivity contribution in [2.45, 2.75) is 6.92 Å². The number of hydrogen-bond donors (Lipinski definition) is 0. The summed E-state index contributed by atoms with van der Waals surface area (Å²) in [4.78, 5) is 0. The first-order valence-electron chi connectivity index (χ1n) is 7.51. The molecule has 0 heterocycles. The average Bonchev–Trinajstić information content (AvgIpc) is 2.56. The van der Waals surface area contributed by atoms with Crippen LogP contribution in [-0.4, -0.2) is 0 Å². The molecule has 0 N–H and O–H groups in total. The van der Waals surface area contributed by atoms with E-state index in [-0.39, 0.29) is 0 Å². The molecule has 0 bridgehead atoms. The molecule has 0 fully saturated rings. The molecule has 4 aromatic rings. The molecule has 4 rings (SSSR count). The smallest absolute Gasteiger partial charge is 0.00248 e. The van der Waals surface area contributed by atoms with E-state index in [4.69, 9.17) is 0 Å². The second-order valence-corrected chi connectivity index (χ2v) is 6.35. The molecule has 0 aliphatic carbocycles. The predicted octanol–water partition coefficient (Wildman–Crippen LogP) is 5.47. The lowest BCUT2D eigenvalue weighted by molar-refractivity contribution is 1.50. The van der Waals surface area contributed by atoms with Crippen LogP contribution in [0.3, 0.4) is 0 Å². The molecule has 0 spiro atoms. The third-order valence-corrected chi connectivity index (χ3v) is 4.83. The maximum Gasteiger partial charge on any atom is -0.00248 e. The van der Waals surface area contributed by atoms with Crippen molar-refractivity contribution in [2.24, 2.45) is 0 Å². The Bertz CT molecular complexity index is 916. The fourth-order valence-electron chi connectivity index (χ4n) is 3.28. The number of benzene rings is 4. The van der Waals surface area contributed by atoms with Gasteiger partial charge < -0.3 is 0 Å². The van der Waals surface area contributed by atoms with Gasteiger partial charge in [0.15, 0.2) is 0 Å². The molecule has 106 valence electrons. The van der Waals surface area contributed by atoms with E-state index in [1.165, 1.54) is 43.5 Å². The third kappa shape index (κ3) is 2.03. The molecular weight excluding hydrogens is 283 g/mol. The van der Waals surface area contributed by atoms with Gasteiger partial charge in [-0.05, 0) is 50.5 Å². The van der Waals surface area contributed by atoms with E-state index in [0.717, 1.165) is 0 Å². The quantitative estimate of drug-likeness (QED) is 0.409. The van der Waals surface area contributed by atoms with Crippen LogP contribution in [0.2, 0.25) is 0 Å². The summed E-state index contributed by atoms with van der Waals surface area (Å²) in [6.45, 7) is 2.20. The number of fused-ring (bicyclic) bond motifs is 2. The zero-order chi connectivity index (χ0) is 15.1. The highest BCUT2D eigenvalue weighted by Gasteiger charge is 2.12. The molecule has 1 atom stereocenters. The summed E-state index contributed by atoms with van der Waals surface area (Å²) in [5.74, 6) is 0. The first kappa shape index (κ1) is 13.5. The zero-order valence-electron chi connectivity index (χ0n) is 12.5. The molecule has 0 radical (unpaired) electrons. The van der Waals surface area contributed by atoms with Gasteiger partial charge in [-0.25, -0.2) is 0 Å². The summed E-state index contributed by atoms with van der Waals surface area (Å²) < 4.78 is 0. The molecule has 0 aliphatic rings. The Morgan fingerprint density at radius 2 is 1.14 bits per heavy atom. The summed E-state index contributed by atoms with van der Waals surface area (Å²) in [5, 5.41) is 6.46. The lowest BCUT2D eigenvalue weighted by Crippen LogP contribution is -2.00. The lowest BCUT2D eigenvalue weighted by atomic mass is 9.90. The molecule has 1 heteroatoms. The van der Waals surface area contributed by atoms with Crippen LogP contribution in [0.15, 0.2) is 72.8 Å². The first-order chi connectivity index (χ1) is 10.8. The summed E-state index contributed by atoms with van der Waals surface area (Å²) in [6, 6.07) is 26.1. The van der Waals surface area contributed by atoms with Crippen molar-refractivity contribution < 1.29 is 0 Å². The molecule has 0 nitrogen and oxygen atoms in total. The largest absolute Gasteiger partial charge is 0.105 e. The Morgan fingerprint density at radius 3 is 1.82 bits per heavy atom. The van der Waals surface area contributed by atoms with Crippen molar-refractivity contribution in [3.8, 4) is 11.1 Å². The minimum absolute atomic E-state index is 1.25. The Balaban J connectivity index is 2.21. The van der Waals surface area contributed by atoms with Crippen molar-refractivity contribution in [3.05, 3.63) is 78.4 Å². The number of aryl methyl sites for hydroxylation is 1. The number of hydrogen-bond acceptors (Lipinski definition) is 0. The van der Waals surface area contributed by atoms with Crippen LogP contribution < -0.4 is 5.30 Å². The molecule has 0 aliphatic heterocycles. The minimum atomic E-state index is 1.25. The first-order valence-corrected chi connectivity index (χ1v) is 8.09. The SMILES string of the molecule is Cc1ccc2ccccc2c1-c1c(P)ccc2ccccc12. The van der Waals surface area contributed by atoms with E-state index in [2.05, 4.69) is 89.0 Å². The highest BCUT2D eigenvalue weighted by Crippen LogP contribution is 2.36. The van der Waals surface area contributed by atoms with E-state index in [1.54, 1.807) is 0 Å². The van der Waals surface area contributed by atoms with Gasteiger partial charge in [0.05, 0.1) is 0 Å². The van der Waals surface area contributed by atoms with Crippen LogP contribution in [0.25, 0.3) is 32.7 Å². The average molecular weight is 300 g/mol. The van der Waals surface area contributed by atoms with Crippen molar-refractivity contribution in [2.75, 3.05) is 0 Å². The minimum Gasteiger partial charge on any atom is -0.105 e. The van der Waals surface area contributed by atoms with E-state index in [1.807, 2.05) is 0 Å². The molecule has 0 saturated heterocycles. The van der Waals surface area contributed by atoms with Crippen LogP contribution >= 0.6 is 9.24 Å². The fraction of sp³-hybridized carbons (Fsp3) is 0.0476. The molecule has 0 amide bonds. The normalized spacial score (nSPS) is 11.2. The Labute approximate surface area is 133 Å². The molecule has 4 aromatic carbocycles. The van der Waals surface area contributed by atoms with Gasteiger partial charge in [0.25, 0.3) is 0 Å². The molecular formula is C21H17P. The van der Waals surface area contributed by atoms with Crippen LogP contribution in [0.5, 0.6) is 0 Å². The van der Waals surface area contributed by atoms with Crippen molar-refractivity contribution in [3.63, 3.8) is 0 Å². The van der Waals surface area contributed by atoms with Gasteiger partial charge in [0.2, 0.25) is 0 Å². The van der Waals surface area contributed by atoms with E-state index in [0.29, 0.717) is 0 Å². The maximum absolute atomic E-state index is 2.91. The van der Waals surface area contributed by atoms with Gasteiger partial charge >= 0.3 is 0 Å². The zero-order valence-corrected chi connectivity index (χ0v) is 13.7. The Kier molecular flexibility index (Phi) is 3.21. The number of rotatable bonds is 1. The van der Waals surface area contributed by atoms with Gasteiger partial charge in [0, 0.05) is 0 Å². The van der Waals surface area contributed by atoms with Gasteiger partial charge in [-0.1, -0.05) is 72.8 Å². The molecule has 0 aromatic heterocycles. The summed E-state index contributed by atoms with van der Waals surface area (Å²) in [6.07, 6.45) is 0. The second-order valence-electron chi connectivity index (χ2n) is 5.73. The standard InChI is InChI=1S/C21H17P/c1-14-10-11-15-6-2-4-8-17(15)20(14)21-18-9-5-3-7-16(18)12-13-19(21)22/h2-13H,22H2,1H3. The van der Waals surface area contributed by atoms with Crippen molar-refractivity contribution in [1.82, 2.24) is 0 Å². The second kappa shape index (κ2) is 5.23. The third-order valence-electron chi connectivity index (χ3n) is 4.35. The van der Waals surface area contributed by atoms with Crippen LogP contribution in [0, 0.1) is 6.92 Å². The topological polar surface area (TPSA) is 0 Å². The summed E-state index contributed by atoms with van der Waals surface area (Å²) in [7, 11) is 2.91. The van der Waals surface area contributed by atoms with Gasteiger partial charge in [-0.15, -0.1) is 9.24 Å². The summed E-state index contributed by atoms with van der Waals surface area (Å²) in [5.41, 5.74) is 4.00. The van der Waals surface area contributed by atoms with Crippen LogP contribution in [0.1, 0.15) is 5.56 Å². The Hall–Kier alpha value is -2.17. The highest BCUT2D eigenvalue weighted by molar-refractivity contribution is 7.28. The van der Waals surface area contributed by atoms with Gasteiger partial charge in [-0.2, -0.15) is 0 Å². The highest BCUT2D eigenvalue weighted by atomic mass is 31.0. The van der Waals surface area contributed by atoms with Crippen LogP contribution in [-0.2, 0) is 0 Å². The van der Waals surface area contributed by atoms with E-state index in [9.17, 15) is 0 Å². The monoisotopic (exact) mass is 300 g/mol. The predicted molar refractivity (Wildman–Crippen MR) is 101 cm³/mol. The van der Waals surface area contributed by atoms with E-state index >= 15 is 0 Å². The van der Waals surface area contributed by atoms with Gasteiger partial charge in [0.1, 0.15) is 0 Å². The maximum atomic E-state index is 2.91. The van der Waals surface area contributed by atoms with Crippen LogP contribution in [0.4, 0.5) is 0 Å². The van der Waals surface area contributed by atoms with Crippen molar-refractivity contribution >= 4 is 36.1 Å². The molecule has 22 heavy (non-hydrogen) atoms. The van der Waals surface area contributed by atoms with Gasteiger partial charge in [-0.3, -0.25) is 0 Å². The Morgan fingerprint density at radius 1 is 0.591 bits per heavy atom. The fourth-order valence-corrected chi connectivity index (χ4v) is 3.68. The molecule has 0 saturated carbocycles.